The molecule has 0 fully saturated rings. The zero-order valence-electron chi connectivity index (χ0n) is 7.54. The molecule has 1 aromatic carbocycles. The Morgan fingerprint density at radius 3 is 2.77 bits per heavy atom. The van der Waals surface area contributed by atoms with Gasteiger partial charge in [0.1, 0.15) is 5.75 Å². The Labute approximate surface area is 85.8 Å². The molecule has 0 bridgehead atoms. The Morgan fingerprint density at radius 1 is 1.54 bits per heavy atom. The first-order valence-corrected chi connectivity index (χ1v) is 4.71. The van der Waals surface area contributed by atoms with E-state index >= 15 is 0 Å². The van der Waals surface area contributed by atoms with Crippen LogP contribution >= 0.6 is 15.9 Å². The molecular formula is C9H12BrNO2. The van der Waals surface area contributed by atoms with Crippen LogP contribution in [0.1, 0.15) is 18.5 Å². The predicted octanol–water partition coefficient (Wildman–Crippen LogP) is 2.50. The molecule has 0 saturated heterocycles. The highest BCUT2D eigenvalue weighted by molar-refractivity contribution is 9.10. The molecule has 1 rings (SSSR count). The fourth-order valence-corrected chi connectivity index (χ4v) is 1.49. The largest absolute Gasteiger partial charge is 0.496 e. The molecule has 2 N–H and O–H groups in total. The number of halogens is 1. The Bertz CT molecular complexity index is 291. The summed E-state index contributed by atoms with van der Waals surface area (Å²) < 4.78 is 6.11. The third-order valence-electron chi connectivity index (χ3n) is 1.85. The third-order valence-corrected chi connectivity index (χ3v) is 2.35. The third kappa shape index (κ3) is 2.43. The van der Waals surface area contributed by atoms with E-state index in [1.165, 1.54) is 0 Å². The minimum absolute atomic E-state index is 0.146. The summed E-state index contributed by atoms with van der Waals surface area (Å²) >= 11 is 3.36. The molecule has 0 aliphatic rings. The summed E-state index contributed by atoms with van der Waals surface area (Å²) in [6, 6.07) is 5.51. The molecule has 13 heavy (non-hydrogen) atoms. The van der Waals surface area contributed by atoms with Gasteiger partial charge in [0.05, 0.1) is 13.2 Å². The molecule has 0 aliphatic heterocycles. The summed E-state index contributed by atoms with van der Waals surface area (Å²) in [4.78, 5) is 0. The van der Waals surface area contributed by atoms with Gasteiger partial charge in [0.2, 0.25) is 0 Å². The molecule has 0 saturated carbocycles. The van der Waals surface area contributed by atoms with E-state index in [2.05, 4.69) is 21.4 Å². The van der Waals surface area contributed by atoms with E-state index in [-0.39, 0.29) is 6.04 Å². The quantitative estimate of drug-likeness (QED) is 0.805. The number of benzene rings is 1. The van der Waals surface area contributed by atoms with Crippen molar-refractivity contribution in [1.29, 1.82) is 0 Å². The molecule has 4 heteroatoms. The summed E-state index contributed by atoms with van der Waals surface area (Å²) in [5.74, 6) is 0.761. The summed E-state index contributed by atoms with van der Waals surface area (Å²) in [6.07, 6.45) is 0. The van der Waals surface area contributed by atoms with Crippen molar-refractivity contribution in [3.05, 3.63) is 28.2 Å². The van der Waals surface area contributed by atoms with Gasteiger partial charge in [-0.05, 0) is 25.1 Å². The first-order chi connectivity index (χ1) is 6.19. The van der Waals surface area contributed by atoms with Crippen LogP contribution in [-0.2, 0) is 0 Å². The van der Waals surface area contributed by atoms with Gasteiger partial charge in [-0.25, -0.2) is 0 Å². The van der Waals surface area contributed by atoms with E-state index in [4.69, 9.17) is 9.94 Å². The van der Waals surface area contributed by atoms with Gasteiger partial charge in [-0.15, -0.1) is 0 Å². The molecule has 0 aliphatic carbocycles. The van der Waals surface area contributed by atoms with Crippen molar-refractivity contribution in [1.82, 2.24) is 5.48 Å². The van der Waals surface area contributed by atoms with Gasteiger partial charge >= 0.3 is 0 Å². The van der Waals surface area contributed by atoms with Gasteiger partial charge in [0.15, 0.2) is 0 Å². The lowest BCUT2D eigenvalue weighted by Crippen LogP contribution is -2.14. The Balaban J connectivity index is 3.07. The fraction of sp³-hybridized carbons (Fsp3) is 0.333. The Hall–Kier alpha value is -0.580. The summed E-state index contributed by atoms with van der Waals surface area (Å²) in [5, 5.41) is 8.78. The van der Waals surface area contributed by atoms with Gasteiger partial charge in [-0.2, -0.15) is 5.48 Å². The zero-order valence-corrected chi connectivity index (χ0v) is 9.13. The Morgan fingerprint density at radius 2 is 2.23 bits per heavy atom. The first-order valence-electron chi connectivity index (χ1n) is 3.92. The van der Waals surface area contributed by atoms with E-state index < -0.39 is 0 Å². The molecule has 0 spiro atoms. The maximum absolute atomic E-state index is 8.78. The predicted molar refractivity (Wildman–Crippen MR) is 54.0 cm³/mol. The van der Waals surface area contributed by atoms with Crippen molar-refractivity contribution in [2.45, 2.75) is 13.0 Å². The highest BCUT2D eigenvalue weighted by atomic mass is 79.9. The zero-order chi connectivity index (χ0) is 9.84. The molecule has 0 heterocycles. The molecule has 1 aromatic rings. The lowest BCUT2D eigenvalue weighted by molar-refractivity contribution is 0.132. The molecule has 72 valence electrons. The normalized spacial score (nSPS) is 12.6. The standard InChI is InChI=1S/C9H12BrNO2/c1-6(11-12)8-5-7(10)3-4-9(8)13-2/h3-6,11-12H,1-2H3. The maximum Gasteiger partial charge on any atom is 0.123 e. The molecule has 1 atom stereocenters. The van der Waals surface area contributed by atoms with Gasteiger partial charge in [0, 0.05) is 10.0 Å². The number of nitrogens with one attached hydrogen (secondary N) is 1. The van der Waals surface area contributed by atoms with Gasteiger partial charge in [0.25, 0.3) is 0 Å². The topological polar surface area (TPSA) is 41.5 Å². The lowest BCUT2D eigenvalue weighted by Gasteiger charge is -2.14. The molecule has 0 amide bonds. The first kappa shape index (κ1) is 10.5. The fourth-order valence-electron chi connectivity index (χ4n) is 1.11. The molecular weight excluding hydrogens is 234 g/mol. The second kappa shape index (κ2) is 4.60. The van der Waals surface area contributed by atoms with E-state index in [0.29, 0.717) is 0 Å². The number of hydroxylamine groups is 1. The van der Waals surface area contributed by atoms with Crippen molar-refractivity contribution < 1.29 is 9.94 Å². The molecule has 3 nitrogen and oxygen atoms in total. The lowest BCUT2D eigenvalue weighted by atomic mass is 10.1. The van der Waals surface area contributed by atoms with Gasteiger partial charge in [-0.3, -0.25) is 0 Å². The number of hydrogen-bond acceptors (Lipinski definition) is 3. The van der Waals surface area contributed by atoms with Gasteiger partial charge < -0.3 is 9.94 Å². The average molecular weight is 246 g/mol. The highest BCUT2D eigenvalue weighted by Crippen LogP contribution is 2.27. The molecule has 0 radical (unpaired) electrons. The van der Waals surface area contributed by atoms with Crippen molar-refractivity contribution in [2.24, 2.45) is 0 Å². The van der Waals surface area contributed by atoms with Crippen LogP contribution in [0.3, 0.4) is 0 Å². The smallest absolute Gasteiger partial charge is 0.123 e. The second-order valence-corrected chi connectivity index (χ2v) is 3.65. The number of hydrogen-bond donors (Lipinski definition) is 2. The average Bonchev–Trinajstić information content (AvgIpc) is 2.16. The highest BCUT2D eigenvalue weighted by Gasteiger charge is 2.10. The van der Waals surface area contributed by atoms with Crippen LogP contribution in [0.15, 0.2) is 22.7 Å². The van der Waals surface area contributed by atoms with Crippen molar-refractivity contribution >= 4 is 15.9 Å². The van der Waals surface area contributed by atoms with E-state index in [0.717, 1.165) is 15.8 Å². The number of ether oxygens (including phenoxy) is 1. The number of rotatable bonds is 3. The monoisotopic (exact) mass is 245 g/mol. The van der Waals surface area contributed by atoms with Crippen LogP contribution in [-0.4, -0.2) is 12.3 Å². The van der Waals surface area contributed by atoms with Crippen LogP contribution in [0.25, 0.3) is 0 Å². The van der Waals surface area contributed by atoms with E-state index in [9.17, 15) is 0 Å². The van der Waals surface area contributed by atoms with Crippen LogP contribution < -0.4 is 10.2 Å². The summed E-state index contributed by atoms with van der Waals surface area (Å²) in [6.45, 7) is 1.85. The maximum atomic E-state index is 8.78. The Kier molecular flexibility index (Phi) is 3.71. The van der Waals surface area contributed by atoms with Crippen molar-refractivity contribution in [2.75, 3.05) is 7.11 Å². The van der Waals surface area contributed by atoms with E-state index in [1.54, 1.807) is 7.11 Å². The minimum atomic E-state index is -0.146. The second-order valence-electron chi connectivity index (χ2n) is 2.74. The molecule has 0 aromatic heterocycles. The summed E-state index contributed by atoms with van der Waals surface area (Å²) in [5.41, 5.74) is 3.10. The van der Waals surface area contributed by atoms with E-state index in [1.807, 2.05) is 25.1 Å². The van der Waals surface area contributed by atoms with Crippen LogP contribution in [0.2, 0.25) is 0 Å². The van der Waals surface area contributed by atoms with Crippen molar-refractivity contribution in [3.8, 4) is 5.75 Å². The van der Waals surface area contributed by atoms with Crippen LogP contribution in [0, 0.1) is 0 Å². The SMILES string of the molecule is COc1ccc(Br)cc1C(C)NO. The number of methoxy groups -OCH3 is 1. The van der Waals surface area contributed by atoms with Crippen LogP contribution in [0.5, 0.6) is 5.75 Å². The van der Waals surface area contributed by atoms with Crippen molar-refractivity contribution in [3.63, 3.8) is 0 Å². The van der Waals surface area contributed by atoms with Crippen LogP contribution in [0.4, 0.5) is 0 Å². The minimum Gasteiger partial charge on any atom is -0.496 e. The van der Waals surface area contributed by atoms with Gasteiger partial charge in [-0.1, -0.05) is 15.9 Å². The summed E-state index contributed by atoms with van der Waals surface area (Å²) in [7, 11) is 1.61. The molecule has 1 unspecified atom stereocenters.